The van der Waals surface area contributed by atoms with Crippen molar-refractivity contribution in [3.8, 4) is 38.8 Å². The van der Waals surface area contributed by atoms with Crippen LogP contribution in [-0.2, 0) is 0 Å². The molecule has 3 N–H and O–H groups in total. The van der Waals surface area contributed by atoms with Crippen LogP contribution in [0.3, 0.4) is 0 Å². The predicted octanol–water partition coefficient (Wildman–Crippen LogP) is 6.03. The fourth-order valence-corrected chi connectivity index (χ4v) is 5.67. The highest BCUT2D eigenvalue weighted by atomic mass is 32.1. The Balaban J connectivity index is 1.26. The van der Waals surface area contributed by atoms with Crippen molar-refractivity contribution in [2.75, 3.05) is 13.1 Å². The molecule has 7 nitrogen and oxygen atoms in total. The zero-order valence-electron chi connectivity index (χ0n) is 19.5. The van der Waals surface area contributed by atoms with E-state index in [0.717, 1.165) is 70.9 Å². The van der Waals surface area contributed by atoms with Crippen LogP contribution in [0.1, 0.15) is 12.8 Å². The number of fused-ring (bicyclic) bond motifs is 2. The molecular formula is C28H24N6OS. The Labute approximate surface area is 211 Å². The van der Waals surface area contributed by atoms with Crippen molar-refractivity contribution in [2.24, 2.45) is 0 Å². The first kappa shape index (κ1) is 21.3. The van der Waals surface area contributed by atoms with Gasteiger partial charge < -0.3 is 15.0 Å². The fourth-order valence-electron chi connectivity index (χ4n) is 4.91. The third kappa shape index (κ3) is 3.84. The van der Waals surface area contributed by atoms with Gasteiger partial charge in [0.15, 0.2) is 0 Å². The second-order valence-corrected chi connectivity index (χ2v) is 10.0. The maximum absolute atomic E-state index is 6.21. The Morgan fingerprint density at radius 2 is 1.89 bits per heavy atom. The van der Waals surface area contributed by atoms with Gasteiger partial charge in [0.2, 0.25) is 0 Å². The number of rotatable bonds is 5. The van der Waals surface area contributed by atoms with Gasteiger partial charge >= 0.3 is 0 Å². The predicted molar refractivity (Wildman–Crippen MR) is 144 cm³/mol. The van der Waals surface area contributed by atoms with Gasteiger partial charge in [-0.2, -0.15) is 5.10 Å². The van der Waals surface area contributed by atoms with Crippen molar-refractivity contribution in [2.45, 2.75) is 18.9 Å². The zero-order chi connectivity index (χ0) is 23.9. The lowest BCUT2D eigenvalue weighted by molar-refractivity contribution is 0.162. The number of ether oxygens (including phenoxy) is 1. The molecule has 1 fully saturated rings. The van der Waals surface area contributed by atoms with E-state index in [-0.39, 0.29) is 6.10 Å². The standard InChI is InChI=1S/C28H24N6OS/c1-3-20(26-5-2-12-36-26)21-14-25(31-23(21)4-1)28-27-24(33-34-28)7-6-22(32-27)17-13-19(16-30-15-17)35-18-8-10-29-11-9-18/h1-7,12-16,18,29,31H,8-11H2,(H,33,34). The molecule has 0 aliphatic carbocycles. The van der Waals surface area contributed by atoms with Crippen LogP contribution in [0.25, 0.3) is 55.0 Å². The summed E-state index contributed by atoms with van der Waals surface area (Å²) in [6, 6.07) is 18.8. The first-order valence-corrected chi connectivity index (χ1v) is 13.0. The Morgan fingerprint density at radius 1 is 0.944 bits per heavy atom. The Kier molecular flexibility index (Phi) is 5.26. The number of aromatic amines is 2. The number of nitrogens with zero attached hydrogens (tertiary/aromatic N) is 3. The van der Waals surface area contributed by atoms with E-state index in [0.29, 0.717) is 0 Å². The lowest BCUT2D eigenvalue weighted by Crippen LogP contribution is -2.34. The van der Waals surface area contributed by atoms with Crippen LogP contribution >= 0.6 is 11.3 Å². The lowest BCUT2D eigenvalue weighted by atomic mass is 10.1. The molecule has 6 aromatic rings. The number of benzene rings is 1. The fraction of sp³-hybridized carbons (Fsp3) is 0.179. The highest BCUT2D eigenvalue weighted by Crippen LogP contribution is 2.36. The molecule has 0 atom stereocenters. The van der Waals surface area contributed by atoms with E-state index in [1.807, 2.05) is 24.4 Å². The minimum Gasteiger partial charge on any atom is -0.489 e. The van der Waals surface area contributed by atoms with Crippen LogP contribution in [0.2, 0.25) is 0 Å². The van der Waals surface area contributed by atoms with Crippen LogP contribution < -0.4 is 10.1 Å². The number of nitrogens with one attached hydrogen (secondary N) is 3. The van der Waals surface area contributed by atoms with E-state index < -0.39 is 0 Å². The Bertz CT molecular complexity index is 1660. The molecule has 0 unspecified atom stereocenters. The van der Waals surface area contributed by atoms with Gasteiger partial charge in [-0.25, -0.2) is 4.98 Å². The molecule has 5 aromatic heterocycles. The maximum Gasteiger partial charge on any atom is 0.138 e. The SMILES string of the molecule is c1csc(-c2cccc3[nH]c(-c4n[nH]c5ccc(-c6cncc(OC7CCNCC7)c6)nc45)cc23)c1. The third-order valence-corrected chi connectivity index (χ3v) is 7.61. The molecule has 1 aromatic carbocycles. The smallest absolute Gasteiger partial charge is 0.138 e. The van der Waals surface area contributed by atoms with Gasteiger partial charge in [-0.1, -0.05) is 18.2 Å². The van der Waals surface area contributed by atoms with E-state index in [1.165, 1.54) is 15.8 Å². The summed E-state index contributed by atoms with van der Waals surface area (Å²) >= 11 is 1.74. The molecule has 0 radical (unpaired) electrons. The summed E-state index contributed by atoms with van der Waals surface area (Å²) in [6.07, 6.45) is 5.85. The normalized spacial score (nSPS) is 14.6. The van der Waals surface area contributed by atoms with E-state index >= 15 is 0 Å². The Morgan fingerprint density at radius 3 is 2.78 bits per heavy atom. The second-order valence-electron chi connectivity index (χ2n) is 9.07. The molecular weight excluding hydrogens is 468 g/mol. The number of piperidine rings is 1. The number of pyridine rings is 2. The molecule has 8 heteroatoms. The van der Waals surface area contributed by atoms with E-state index in [2.05, 4.69) is 67.3 Å². The molecule has 36 heavy (non-hydrogen) atoms. The summed E-state index contributed by atoms with van der Waals surface area (Å²) in [7, 11) is 0. The number of aromatic nitrogens is 5. The van der Waals surface area contributed by atoms with Crippen molar-refractivity contribution in [1.29, 1.82) is 0 Å². The summed E-state index contributed by atoms with van der Waals surface area (Å²) in [5.41, 5.74) is 7.50. The number of thiophene rings is 1. The van der Waals surface area contributed by atoms with Crippen LogP contribution in [-0.4, -0.2) is 44.3 Å². The summed E-state index contributed by atoms with van der Waals surface area (Å²) in [5.74, 6) is 0.783. The molecule has 1 aliphatic rings. The van der Waals surface area contributed by atoms with Crippen molar-refractivity contribution in [3.05, 3.63) is 72.4 Å². The monoisotopic (exact) mass is 492 g/mol. The zero-order valence-corrected chi connectivity index (χ0v) is 20.3. The molecule has 7 rings (SSSR count). The molecule has 0 spiro atoms. The number of H-pyrrole nitrogens is 2. The van der Waals surface area contributed by atoms with Crippen molar-refractivity contribution in [1.82, 2.24) is 30.5 Å². The number of hydrogen-bond acceptors (Lipinski definition) is 6. The minimum absolute atomic E-state index is 0.222. The van der Waals surface area contributed by atoms with Crippen LogP contribution in [0.4, 0.5) is 0 Å². The average molecular weight is 493 g/mol. The molecule has 0 saturated carbocycles. The molecule has 0 amide bonds. The highest BCUT2D eigenvalue weighted by molar-refractivity contribution is 7.13. The van der Waals surface area contributed by atoms with E-state index in [4.69, 9.17) is 9.72 Å². The molecule has 178 valence electrons. The average Bonchev–Trinajstić information content (AvgIpc) is 3.68. The largest absolute Gasteiger partial charge is 0.489 e. The Hall–Kier alpha value is -4.01. The summed E-state index contributed by atoms with van der Waals surface area (Å²) in [5, 5.41) is 14.4. The van der Waals surface area contributed by atoms with Gasteiger partial charge in [-0.15, -0.1) is 11.3 Å². The van der Waals surface area contributed by atoms with Crippen LogP contribution in [0, 0.1) is 0 Å². The van der Waals surface area contributed by atoms with Gasteiger partial charge in [0.05, 0.1) is 23.1 Å². The topological polar surface area (TPSA) is 91.5 Å². The van der Waals surface area contributed by atoms with Gasteiger partial charge in [0.1, 0.15) is 23.1 Å². The second kappa shape index (κ2) is 8.89. The minimum atomic E-state index is 0.222. The van der Waals surface area contributed by atoms with Gasteiger partial charge in [0, 0.05) is 33.1 Å². The maximum atomic E-state index is 6.21. The van der Waals surface area contributed by atoms with E-state index in [1.54, 1.807) is 17.5 Å². The summed E-state index contributed by atoms with van der Waals surface area (Å²) in [6.45, 7) is 1.98. The quantitative estimate of drug-likeness (QED) is 0.273. The van der Waals surface area contributed by atoms with Gasteiger partial charge in [-0.05, 0) is 67.7 Å². The summed E-state index contributed by atoms with van der Waals surface area (Å²) < 4.78 is 6.21. The van der Waals surface area contributed by atoms with E-state index in [9.17, 15) is 0 Å². The van der Waals surface area contributed by atoms with Crippen molar-refractivity contribution >= 4 is 33.3 Å². The summed E-state index contributed by atoms with van der Waals surface area (Å²) in [4.78, 5) is 14.2. The van der Waals surface area contributed by atoms with Gasteiger partial charge in [-0.3, -0.25) is 10.1 Å². The molecule has 1 aliphatic heterocycles. The third-order valence-electron chi connectivity index (χ3n) is 6.71. The van der Waals surface area contributed by atoms with Gasteiger partial charge in [0.25, 0.3) is 0 Å². The lowest BCUT2D eigenvalue weighted by Gasteiger charge is -2.23. The number of hydrogen-bond donors (Lipinski definition) is 3. The van der Waals surface area contributed by atoms with Crippen molar-refractivity contribution in [3.63, 3.8) is 0 Å². The van der Waals surface area contributed by atoms with Crippen LogP contribution in [0.15, 0.2) is 72.4 Å². The highest BCUT2D eigenvalue weighted by Gasteiger charge is 2.17. The molecule has 6 heterocycles. The molecule has 0 bridgehead atoms. The first-order chi connectivity index (χ1) is 17.8. The van der Waals surface area contributed by atoms with Crippen LogP contribution in [0.5, 0.6) is 5.75 Å². The molecule has 1 saturated heterocycles. The first-order valence-electron chi connectivity index (χ1n) is 12.2. The van der Waals surface area contributed by atoms with Crippen molar-refractivity contribution < 1.29 is 4.74 Å².